The molecule has 0 fully saturated rings. The predicted octanol–water partition coefficient (Wildman–Crippen LogP) is 4.78. The lowest BCUT2D eigenvalue weighted by Gasteiger charge is -2.36. The van der Waals surface area contributed by atoms with E-state index < -0.39 is 26.2 Å². The van der Waals surface area contributed by atoms with Gasteiger partial charge in [-0.1, -0.05) is 69.3 Å². The van der Waals surface area contributed by atoms with Crippen LogP contribution in [0.1, 0.15) is 44.2 Å². The Labute approximate surface area is 179 Å². The smallest absolute Gasteiger partial charge is 0.326 e. The zero-order valence-electron chi connectivity index (χ0n) is 18.4. The molecule has 0 saturated heterocycles. The molecular weight excluding hydrogens is 394 g/mol. The molecule has 1 atom stereocenters. The number of carboxylic acid groups (broad SMARTS) is 1. The van der Waals surface area contributed by atoms with Gasteiger partial charge in [0.15, 0.2) is 8.32 Å². The van der Waals surface area contributed by atoms with Gasteiger partial charge in [-0.3, -0.25) is 4.79 Å². The topological polar surface area (TPSA) is 75.6 Å². The number of carboxylic acids is 1. The van der Waals surface area contributed by atoms with E-state index >= 15 is 0 Å². The molecule has 0 spiro atoms. The van der Waals surface area contributed by atoms with Gasteiger partial charge in [-0.2, -0.15) is 0 Å². The van der Waals surface area contributed by atoms with Crippen molar-refractivity contribution in [3.05, 3.63) is 59.7 Å². The monoisotopic (exact) mass is 425 g/mol. The molecular formula is C24H31NO4Si. The number of hydrogen-bond acceptors (Lipinski definition) is 3. The van der Waals surface area contributed by atoms with Crippen LogP contribution in [-0.4, -0.2) is 37.9 Å². The highest BCUT2D eigenvalue weighted by Crippen LogP contribution is 2.44. The second-order valence-corrected chi connectivity index (χ2v) is 14.2. The lowest BCUT2D eigenvalue weighted by Crippen LogP contribution is -2.45. The Balaban J connectivity index is 1.74. The Bertz CT molecular complexity index is 903. The summed E-state index contributed by atoms with van der Waals surface area (Å²) in [4.78, 5) is 25.0. The van der Waals surface area contributed by atoms with E-state index in [-0.39, 0.29) is 17.4 Å². The quantitative estimate of drug-likeness (QED) is 0.626. The van der Waals surface area contributed by atoms with E-state index in [1.807, 2.05) is 48.5 Å². The number of benzene rings is 2. The molecule has 0 aromatic heterocycles. The molecule has 0 aliphatic heterocycles. The Morgan fingerprint density at radius 2 is 1.53 bits per heavy atom. The van der Waals surface area contributed by atoms with E-state index in [1.54, 1.807) is 0 Å². The summed E-state index contributed by atoms with van der Waals surface area (Å²) in [6.07, 6.45) is 0.240. The highest BCUT2D eigenvalue weighted by molar-refractivity contribution is 6.74. The zero-order chi connectivity index (χ0) is 22.1. The van der Waals surface area contributed by atoms with Crippen molar-refractivity contribution in [1.82, 2.24) is 5.32 Å². The fourth-order valence-electron chi connectivity index (χ4n) is 3.60. The van der Waals surface area contributed by atoms with E-state index in [2.05, 4.69) is 39.2 Å². The summed E-state index contributed by atoms with van der Waals surface area (Å²) in [6.45, 7) is 11.0. The number of rotatable bonds is 7. The van der Waals surface area contributed by atoms with Crippen molar-refractivity contribution in [2.45, 2.75) is 57.3 Å². The predicted molar refractivity (Wildman–Crippen MR) is 121 cm³/mol. The van der Waals surface area contributed by atoms with Crippen LogP contribution in [0.4, 0.5) is 0 Å². The molecule has 160 valence electrons. The minimum absolute atomic E-state index is 0.0479. The second kappa shape index (κ2) is 8.36. The van der Waals surface area contributed by atoms with Crippen molar-refractivity contribution in [2.24, 2.45) is 0 Å². The lowest BCUT2D eigenvalue weighted by molar-refractivity contribution is -0.142. The number of carbonyl (C=O) groups excluding carboxylic acids is 1. The molecule has 2 aromatic rings. The first kappa shape index (κ1) is 22.2. The highest BCUT2D eigenvalue weighted by atomic mass is 28.4. The molecule has 1 aliphatic rings. The Hall–Kier alpha value is -2.44. The molecule has 2 aromatic carbocycles. The molecule has 6 heteroatoms. The van der Waals surface area contributed by atoms with Crippen molar-refractivity contribution in [1.29, 1.82) is 0 Å². The average Bonchev–Trinajstić information content (AvgIpc) is 3.00. The lowest BCUT2D eigenvalue weighted by atomic mass is 9.95. The van der Waals surface area contributed by atoms with Crippen LogP contribution < -0.4 is 5.32 Å². The zero-order valence-corrected chi connectivity index (χ0v) is 19.4. The summed E-state index contributed by atoms with van der Waals surface area (Å²) in [5, 5.41) is 12.5. The van der Waals surface area contributed by atoms with Gasteiger partial charge < -0.3 is 14.8 Å². The van der Waals surface area contributed by atoms with Crippen molar-refractivity contribution in [2.75, 3.05) is 6.61 Å². The molecule has 1 aliphatic carbocycles. The van der Waals surface area contributed by atoms with Crippen LogP contribution in [-0.2, 0) is 14.0 Å². The number of fused-ring (bicyclic) bond motifs is 3. The van der Waals surface area contributed by atoms with Crippen LogP contribution in [0.5, 0.6) is 0 Å². The molecule has 2 N–H and O–H groups in total. The Morgan fingerprint density at radius 1 is 1.03 bits per heavy atom. The Kier molecular flexibility index (Phi) is 6.20. The molecule has 0 heterocycles. The van der Waals surface area contributed by atoms with Gasteiger partial charge in [0.05, 0.1) is 5.92 Å². The second-order valence-electron chi connectivity index (χ2n) is 9.40. The van der Waals surface area contributed by atoms with Crippen LogP contribution in [0.15, 0.2) is 48.5 Å². The fraction of sp³-hybridized carbons (Fsp3) is 0.417. The molecule has 0 radical (unpaired) electrons. The average molecular weight is 426 g/mol. The van der Waals surface area contributed by atoms with Gasteiger partial charge in [-0.15, -0.1) is 0 Å². The summed E-state index contributed by atoms with van der Waals surface area (Å²) in [7, 11) is -1.97. The number of nitrogens with one attached hydrogen (secondary N) is 1. The molecule has 5 nitrogen and oxygen atoms in total. The van der Waals surface area contributed by atoms with E-state index in [4.69, 9.17) is 4.43 Å². The molecule has 0 unspecified atom stereocenters. The molecule has 1 amide bonds. The van der Waals surface area contributed by atoms with Gasteiger partial charge in [0.25, 0.3) is 0 Å². The highest BCUT2D eigenvalue weighted by Gasteiger charge is 2.38. The van der Waals surface area contributed by atoms with Crippen LogP contribution in [0.2, 0.25) is 18.1 Å². The van der Waals surface area contributed by atoms with E-state index in [9.17, 15) is 14.7 Å². The summed E-state index contributed by atoms with van der Waals surface area (Å²) in [5.74, 6) is -1.82. The van der Waals surface area contributed by atoms with Gasteiger partial charge in [0.2, 0.25) is 5.91 Å². The van der Waals surface area contributed by atoms with Gasteiger partial charge in [0, 0.05) is 13.0 Å². The molecule has 30 heavy (non-hydrogen) atoms. The summed E-state index contributed by atoms with van der Waals surface area (Å²) < 4.78 is 6.12. The third-order valence-corrected chi connectivity index (χ3v) is 10.9. The first-order valence-corrected chi connectivity index (χ1v) is 13.3. The maximum absolute atomic E-state index is 13.2. The van der Waals surface area contributed by atoms with Crippen molar-refractivity contribution < 1.29 is 19.1 Å². The SMILES string of the molecule is CC(C)(C)[Si](C)(C)OCC[C@H](NC(=O)C1c2ccccc2-c2ccccc21)C(=O)O. The third-order valence-electron chi connectivity index (χ3n) is 6.39. The van der Waals surface area contributed by atoms with Gasteiger partial charge in [0.1, 0.15) is 6.04 Å². The number of carbonyl (C=O) groups is 2. The summed E-state index contributed by atoms with van der Waals surface area (Å²) in [6, 6.07) is 14.6. The standard InChI is InChI=1S/C24H31NO4Si/c1-24(2,3)30(4,5)29-15-14-20(23(27)28)25-22(26)21-18-12-8-6-10-16(18)17-11-7-9-13-19(17)21/h6-13,20-21H,14-15H2,1-5H3,(H,25,26)(H,27,28)/t20-/m0/s1. The number of hydrogen-bond donors (Lipinski definition) is 2. The number of aliphatic carboxylic acids is 1. The molecule has 0 bridgehead atoms. The van der Waals surface area contributed by atoms with Gasteiger partial charge >= 0.3 is 5.97 Å². The van der Waals surface area contributed by atoms with Crippen LogP contribution in [0, 0.1) is 0 Å². The van der Waals surface area contributed by atoms with E-state index in [0.29, 0.717) is 6.61 Å². The first-order valence-electron chi connectivity index (χ1n) is 10.4. The maximum Gasteiger partial charge on any atom is 0.326 e. The van der Waals surface area contributed by atoms with Crippen LogP contribution in [0.3, 0.4) is 0 Å². The molecule has 3 rings (SSSR count). The third kappa shape index (κ3) is 4.35. The molecule has 0 saturated carbocycles. The van der Waals surface area contributed by atoms with Crippen molar-refractivity contribution in [3.8, 4) is 11.1 Å². The summed E-state index contributed by atoms with van der Waals surface area (Å²) >= 11 is 0. The van der Waals surface area contributed by atoms with E-state index in [0.717, 1.165) is 22.3 Å². The van der Waals surface area contributed by atoms with Crippen molar-refractivity contribution in [3.63, 3.8) is 0 Å². The van der Waals surface area contributed by atoms with Gasteiger partial charge in [-0.05, 0) is 40.4 Å². The Morgan fingerprint density at radius 3 is 2.00 bits per heavy atom. The number of amides is 1. The van der Waals surface area contributed by atoms with Crippen LogP contribution in [0.25, 0.3) is 11.1 Å². The normalized spacial score (nSPS) is 14.7. The van der Waals surface area contributed by atoms with Crippen LogP contribution >= 0.6 is 0 Å². The largest absolute Gasteiger partial charge is 0.480 e. The first-order chi connectivity index (χ1) is 14.0. The van der Waals surface area contributed by atoms with Crippen molar-refractivity contribution >= 4 is 20.2 Å². The minimum atomic E-state index is -1.97. The maximum atomic E-state index is 13.2. The van der Waals surface area contributed by atoms with Gasteiger partial charge in [-0.25, -0.2) is 4.79 Å². The fourth-order valence-corrected chi connectivity index (χ4v) is 4.66. The minimum Gasteiger partial charge on any atom is -0.480 e. The van der Waals surface area contributed by atoms with E-state index in [1.165, 1.54) is 0 Å². The summed E-state index contributed by atoms with van der Waals surface area (Å²) in [5.41, 5.74) is 3.89.